The van der Waals surface area contributed by atoms with E-state index in [1.54, 1.807) is 4.90 Å². The average Bonchev–Trinajstić information content (AvgIpc) is 2.60. The van der Waals surface area contributed by atoms with Crippen molar-refractivity contribution in [3.05, 3.63) is 27.8 Å². The Bertz CT molecular complexity index is 697. The number of nitrogens with zero attached hydrogens (tertiary/aromatic N) is 3. The third kappa shape index (κ3) is 2.97. The van der Waals surface area contributed by atoms with Crippen molar-refractivity contribution >= 4 is 17.5 Å². The number of nitro groups is 1. The van der Waals surface area contributed by atoms with Crippen LogP contribution in [0.1, 0.15) is 17.3 Å². The maximum atomic E-state index is 12.7. The van der Waals surface area contributed by atoms with Crippen LogP contribution in [0.15, 0.2) is 12.1 Å². The zero-order chi connectivity index (χ0) is 17.3. The second-order valence-corrected chi connectivity index (χ2v) is 5.57. The summed E-state index contributed by atoms with van der Waals surface area (Å²) in [4.78, 5) is 37.9. The van der Waals surface area contributed by atoms with E-state index in [1.807, 2.05) is 0 Å². The Balaban J connectivity index is 1.86. The molecule has 0 aliphatic carbocycles. The number of ether oxygens (including phenoxy) is 2. The van der Waals surface area contributed by atoms with E-state index < -0.39 is 10.8 Å². The summed E-state index contributed by atoms with van der Waals surface area (Å²) in [5, 5.41) is 11.3. The lowest BCUT2D eigenvalue weighted by atomic mass is 10.1. The molecule has 0 radical (unpaired) electrons. The van der Waals surface area contributed by atoms with Gasteiger partial charge in [0, 0.05) is 39.2 Å². The van der Waals surface area contributed by atoms with Crippen LogP contribution >= 0.6 is 0 Å². The van der Waals surface area contributed by atoms with Crippen molar-refractivity contribution in [3.63, 3.8) is 0 Å². The van der Waals surface area contributed by atoms with Crippen molar-refractivity contribution < 1.29 is 24.0 Å². The lowest BCUT2D eigenvalue weighted by Crippen LogP contribution is -2.50. The van der Waals surface area contributed by atoms with Crippen LogP contribution in [0.4, 0.5) is 5.69 Å². The van der Waals surface area contributed by atoms with Gasteiger partial charge in [-0.15, -0.1) is 0 Å². The van der Waals surface area contributed by atoms with E-state index in [0.717, 1.165) is 0 Å². The maximum Gasteiger partial charge on any atom is 0.286 e. The van der Waals surface area contributed by atoms with E-state index in [1.165, 1.54) is 24.0 Å². The smallest absolute Gasteiger partial charge is 0.286 e. The average molecular weight is 335 g/mol. The number of benzene rings is 1. The van der Waals surface area contributed by atoms with Crippen molar-refractivity contribution in [1.29, 1.82) is 0 Å². The predicted molar refractivity (Wildman–Crippen MR) is 82.2 cm³/mol. The number of hydrogen-bond donors (Lipinski definition) is 0. The van der Waals surface area contributed by atoms with Gasteiger partial charge in [-0.3, -0.25) is 19.7 Å². The summed E-state index contributed by atoms with van der Waals surface area (Å²) in [5.41, 5.74) is -0.334. The Morgan fingerprint density at radius 2 is 1.58 bits per heavy atom. The van der Waals surface area contributed by atoms with Crippen LogP contribution in [0.3, 0.4) is 0 Å². The van der Waals surface area contributed by atoms with Gasteiger partial charge in [-0.1, -0.05) is 0 Å². The number of nitro benzene ring substituents is 1. The molecule has 0 atom stereocenters. The largest absolute Gasteiger partial charge is 0.486 e. The van der Waals surface area contributed by atoms with Crippen molar-refractivity contribution in [1.82, 2.24) is 9.80 Å². The first-order chi connectivity index (χ1) is 11.5. The summed E-state index contributed by atoms with van der Waals surface area (Å²) >= 11 is 0. The predicted octanol–water partition coefficient (Wildman–Crippen LogP) is 0.670. The van der Waals surface area contributed by atoms with E-state index in [4.69, 9.17) is 9.47 Å². The fourth-order valence-corrected chi connectivity index (χ4v) is 2.80. The molecule has 0 spiro atoms. The van der Waals surface area contributed by atoms with Crippen molar-refractivity contribution in [2.75, 3.05) is 39.4 Å². The lowest BCUT2D eigenvalue weighted by Gasteiger charge is -2.34. The van der Waals surface area contributed by atoms with Crippen LogP contribution in [-0.2, 0) is 4.79 Å². The van der Waals surface area contributed by atoms with Crippen molar-refractivity contribution in [3.8, 4) is 11.5 Å². The summed E-state index contributed by atoms with van der Waals surface area (Å²) in [6.07, 6.45) is 0. The van der Waals surface area contributed by atoms with Crippen molar-refractivity contribution in [2.45, 2.75) is 6.92 Å². The maximum absolute atomic E-state index is 12.7. The highest BCUT2D eigenvalue weighted by Gasteiger charge is 2.31. The van der Waals surface area contributed by atoms with Gasteiger partial charge in [0.2, 0.25) is 5.91 Å². The second-order valence-electron chi connectivity index (χ2n) is 5.57. The number of carbonyl (C=O) groups excluding carboxylic acids is 2. The molecular weight excluding hydrogens is 318 g/mol. The lowest BCUT2D eigenvalue weighted by molar-refractivity contribution is -0.385. The molecular formula is C15H17N3O6. The third-order valence-corrected chi connectivity index (χ3v) is 4.10. The van der Waals surface area contributed by atoms with E-state index in [-0.39, 0.29) is 22.9 Å². The van der Waals surface area contributed by atoms with Gasteiger partial charge in [-0.25, -0.2) is 0 Å². The number of fused-ring (bicyclic) bond motifs is 1. The monoisotopic (exact) mass is 335 g/mol. The Hall–Kier alpha value is -2.84. The zero-order valence-corrected chi connectivity index (χ0v) is 13.2. The van der Waals surface area contributed by atoms with Gasteiger partial charge >= 0.3 is 0 Å². The standard InChI is InChI=1S/C15H17N3O6/c1-10(19)16-2-4-17(5-3-16)15(20)11-8-13-14(24-7-6-23-13)9-12(11)18(21)22/h8-9H,2-7H2,1H3. The molecule has 0 aromatic heterocycles. The Morgan fingerprint density at radius 3 is 2.12 bits per heavy atom. The molecule has 2 heterocycles. The SMILES string of the molecule is CC(=O)N1CCN(C(=O)c2cc3c(cc2[N+](=O)[O-])OCCO3)CC1. The molecule has 1 saturated heterocycles. The van der Waals surface area contributed by atoms with Crippen LogP contribution in [-0.4, -0.2) is 65.9 Å². The van der Waals surface area contributed by atoms with Gasteiger partial charge < -0.3 is 19.3 Å². The number of hydrogen-bond acceptors (Lipinski definition) is 6. The first kappa shape index (κ1) is 16.0. The number of piperazine rings is 1. The quantitative estimate of drug-likeness (QED) is 0.581. The van der Waals surface area contributed by atoms with E-state index in [2.05, 4.69) is 0 Å². The van der Waals surface area contributed by atoms with Crippen molar-refractivity contribution in [2.24, 2.45) is 0 Å². The first-order valence-corrected chi connectivity index (χ1v) is 7.60. The number of rotatable bonds is 2. The Labute approximate surface area is 137 Å². The molecule has 0 saturated carbocycles. The molecule has 0 unspecified atom stereocenters. The molecule has 1 aromatic carbocycles. The summed E-state index contributed by atoms with van der Waals surface area (Å²) in [6, 6.07) is 2.60. The molecule has 2 aliphatic heterocycles. The highest BCUT2D eigenvalue weighted by Crippen LogP contribution is 2.37. The number of amides is 2. The highest BCUT2D eigenvalue weighted by atomic mass is 16.6. The zero-order valence-electron chi connectivity index (χ0n) is 13.2. The molecule has 1 fully saturated rings. The number of carbonyl (C=O) groups is 2. The van der Waals surface area contributed by atoms with Gasteiger partial charge in [-0.2, -0.15) is 0 Å². The van der Waals surface area contributed by atoms with Gasteiger partial charge in [0.1, 0.15) is 18.8 Å². The van der Waals surface area contributed by atoms with Crippen LogP contribution in [0.25, 0.3) is 0 Å². The summed E-state index contributed by atoms with van der Waals surface area (Å²) in [6.45, 7) is 3.62. The molecule has 128 valence electrons. The fraction of sp³-hybridized carbons (Fsp3) is 0.467. The van der Waals surface area contributed by atoms with E-state index >= 15 is 0 Å². The second kappa shape index (κ2) is 6.34. The molecule has 1 aromatic rings. The molecule has 0 N–H and O–H groups in total. The summed E-state index contributed by atoms with van der Waals surface area (Å²) in [7, 11) is 0. The van der Waals surface area contributed by atoms with Gasteiger partial charge in [0.25, 0.3) is 11.6 Å². The molecule has 24 heavy (non-hydrogen) atoms. The molecule has 2 amide bonds. The van der Waals surface area contributed by atoms with Crippen LogP contribution < -0.4 is 9.47 Å². The third-order valence-electron chi connectivity index (χ3n) is 4.10. The summed E-state index contributed by atoms with van der Waals surface area (Å²) < 4.78 is 10.8. The molecule has 9 nitrogen and oxygen atoms in total. The topological polar surface area (TPSA) is 102 Å². The molecule has 2 aliphatic rings. The van der Waals surface area contributed by atoms with Crippen LogP contribution in [0.2, 0.25) is 0 Å². The van der Waals surface area contributed by atoms with E-state index in [9.17, 15) is 19.7 Å². The molecule has 9 heteroatoms. The molecule has 3 rings (SSSR count). The minimum atomic E-state index is -0.600. The van der Waals surface area contributed by atoms with Crippen LogP contribution in [0, 0.1) is 10.1 Å². The highest BCUT2D eigenvalue weighted by molar-refractivity contribution is 5.99. The first-order valence-electron chi connectivity index (χ1n) is 7.60. The minimum absolute atomic E-state index is 0.0273. The minimum Gasteiger partial charge on any atom is -0.486 e. The van der Waals surface area contributed by atoms with Gasteiger partial charge in [-0.05, 0) is 0 Å². The normalized spacial score (nSPS) is 16.7. The fourth-order valence-electron chi connectivity index (χ4n) is 2.80. The van der Waals surface area contributed by atoms with Gasteiger partial charge in [0.15, 0.2) is 11.5 Å². The Morgan fingerprint density at radius 1 is 1.04 bits per heavy atom. The van der Waals surface area contributed by atoms with Gasteiger partial charge in [0.05, 0.1) is 11.0 Å². The van der Waals surface area contributed by atoms with Crippen LogP contribution in [0.5, 0.6) is 11.5 Å². The molecule has 0 bridgehead atoms. The van der Waals surface area contributed by atoms with E-state index in [0.29, 0.717) is 45.1 Å². The Kier molecular flexibility index (Phi) is 4.24. The summed E-state index contributed by atoms with van der Waals surface area (Å²) in [5.74, 6) is 0.109.